The molecule has 2 heterocycles. The van der Waals surface area contributed by atoms with Gasteiger partial charge in [-0.3, -0.25) is 9.69 Å². The fraction of sp³-hybridized carbons (Fsp3) is 0.158. The van der Waals surface area contributed by atoms with E-state index in [1.807, 2.05) is 54.6 Å². The van der Waals surface area contributed by atoms with E-state index in [4.69, 9.17) is 11.6 Å². The Morgan fingerprint density at radius 3 is 2.52 bits per heavy atom. The van der Waals surface area contributed by atoms with E-state index in [0.717, 1.165) is 20.5 Å². The fourth-order valence-electron chi connectivity index (χ4n) is 3.02. The molecule has 1 atom stereocenters. The summed E-state index contributed by atoms with van der Waals surface area (Å²) in [6.45, 7) is 0.203. The molecule has 1 N–H and O–H groups in total. The van der Waals surface area contributed by atoms with Gasteiger partial charge in [-0.2, -0.15) is 0 Å². The quantitative estimate of drug-likeness (QED) is 0.699. The normalized spacial score (nSPS) is 17.3. The van der Waals surface area contributed by atoms with E-state index in [9.17, 15) is 9.59 Å². The van der Waals surface area contributed by atoms with Crippen molar-refractivity contribution in [1.29, 1.82) is 0 Å². The molecule has 25 heavy (non-hydrogen) atoms. The van der Waals surface area contributed by atoms with Crippen LogP contribution in [0.2, 0.25) is 5.02 Å². The maximum absolute atomic E-state index is 12.7. The number of amides is 3. The molecule has 4 rings (SSSR count). The number of carbonyl (C=O) groups is 2. The van der Waals surface area contributed by atoms with Gasteiger partial charge in [0.2, 0.25) is 0 Å². The number of imide groups is 1. The molecule has 3 amide bonds. The summed E-state index contributed by atoms with van der Waals surface area (Å²) >= 11 is 7.95. The lowest BCUT2D eigenvalue weighted by atomic mass is 10.1. The molecule has 2 aromatic carbocycles. The van der Waals surface area contributed by atoms with E-state index in [0.29, 0.717) is 11.4 Å². The summed E-state index contributed by atoms with van der Waals surface area (Å²) in [4.78, 5) is 27.0. The minimum atomic E-state index is -0.525. The number of hydrogen-bond acceptors (Lipinski definition) is 3. The van der Waals surface area contributed by atoms with Crippen LogP contribution < -0.4 is 5.32 Å². The third-order valence-corrected chi connectivity index (χ3v) is 5.99. The van der Waals surface area contributed by atoms with Crippen LogP contribution in [-0.2, 0) is 17.8 Å². The topological polar surface area (TPSA) is 49.4 Å². The van der Waals surface area contributed by atoms with E-state index in [1.54, 1.807) is 0 Å². The van der Waals surface area contributed by atoms with E-state index in [1.165, 1.54) is 16.2 Å². The van der Waals surface area contributed by atoms with Gasteiger partial charge in [-0.05, 0) is 11.6 Å². The number of fused-ring (bicyclic) bond motifs is 1. The predicted octanol–water partition coefficient (Wildman–Crippen LogP) is 4.22. The van der Waals surface area contributed by atoms with Crippen LogP contribution in [0.1, 0.15) is 10.4 Å². The number of halogens is 1. The van der Waals surface area contributed by atoms with Gasteiger partial charge in [0.25, 0.3) is 5.91 Å². The van der Waals surface area contributed by atoms with Crippen molar-refractivity contribution in [3.05, 3.63) is 70.1 Å². The first-order valence-corrected chi connectivity index (χ1v) is 9.14. The summed E-state index contributed by atoms with van der Waals surface area (Å²) in [6, 6.07) is 16.6. The van der Waals surface area contributed by atoms with Crippen LogP contribution in [0.15, 0.2) is 54.6 Å². The van der Waals surface area contributed by atoms with Gasteiger partial charge in [-0.15, -0.1) is 11.3 Å². The molecule has 126 valence electrons. The molecule has 0 bridgehead atoms. The lowest BCUT2D eigenvalue weighted by Crippen LogP contribution is -2.32. The Kier molecular flexibility index (Phi) is 4.19. The largest absolute Gasteiger partial charge is 0.325 e. The molecule has 0 unspecified atom stereocenters. The molecule has 1 aromatic heterocycles. The van der Waals surface area contributed by atoms with Crippen LogP contribution in [0.3, 0.4) is 0 Å². The molecular formula is C19H15ClN2O2S. The number of urea groups is 1. The summed E-state index contributed by atoms with van der Waals surface area (Å²) in [5, 5.41) is 4.35. The second-order valence-electron chi connectivity index (χ2n) is 5.95. The number of benzene rings is 2. The van der Waals surface area contributed by atoms with Gasteiger partial charge in [0.05, 0.1) is 11.6 Å². The first-order valence-electron chi connectivity index (χ1n) is 7.95. The zero-order chi connectivity index (χ0) is 17.4. The Labute approximate surface area is 154 Å². The maximum atomic E-state index is 12.7. The Morgan fingerprint density at radius 1 is 1.04 bits per heavy atom. The standard InChI is InChI=1S/C19H15ClN2O2S/c20-17-13-8-4-5-9-15(13)25-16(17)11-22-18(23)14(21-19(22)24)10-12-6-2-1-3-7-12/h1-9,14H,10-11H2,(H,21,24)/t14-/m0/s1. The Hall–Kier alpha value is -2.37. The van der Waals surface area contributed by atoms with Gasteiger partial charge in [0.15, 0.2) is 0 Å². The van der Waals surface area contributed by atoms with Crippen LogP contribution in [0.4, 0.5) is 4.79 Å². The molecule has 1 aliphatic rings. The van der Waals surface area contributed by atoms with Crippen LogP contribution in [-0.4, -0.2) is 22.9 Å². The Morgan fingerprint density at radius 2 is 1.76 bits per heavy atom. The highest BCUT2D eigenvalue weighted by Gasteiger charge is 2.38. The van der Waals surface area contributed by atoms with Crippen LogP contribution in [0.5, 0.6) is 0 Å². The van der Waals surface area contributed by atoms with Gasteiger partial charge in [-0.1, -0.05) is 60.1 Å². The smallest absolute Gasteiger partial charge is 0.325 e. The van der Waals surface area contributed by atoms with Crippen molar-refractivity contribution < 1.29 is 9.59 Å². The average Bonchev–Trinajstić information content (AvgIpc) is 3.08. The molecule has 1 fully saturated rings. The maximum Gasteiger partial charge on any atom is 0.325 e. The average molecular weight is 371 g/mol. The number of carbonyl (C=O) groups excluding carboxylic acids is 2. The molecule has 0 radical (unpaired) electrons. The molecule has 3 aromatic rings. The molecule has 0 aliphatic carbocycles. The van der Waals surface area contributed by atoms with Gasteiger partial charge in [0.1, 0.15) is 6.04 Å². The second-order valence-corrected chi connectivity index (χ2v) is 7.47. The van der Waals surface area contributed by atoms with E-state index < -0.39 is 6.04 Å². The van der Waals surface area contributed by atoms with Gasteiger partial charge < -0.3 is 5.32 Å². The molecule has 0 saturated carbocycles. The first-order chi connectivity index (χ1) is 12.1. The summed E-state index contributed by atoms with van der Waals surface area (Å²) < 4.78 is 1.05. The summed E-state index contributed by atoms with van der Waals surface area (Å²) in [5.74, 6) is -0.206. The molecule has 6 heteroatoms. The Bertz CT molecular complexity index is 954. The summed E-state index contributed by atoms with van der Waals surface area (Å²) in [6.07, 6.45) is 0.488. The summed E-state index contributed by atoms with van der Waals surface area (Å²) in [5.41, 5.74) is 1.02. The van der Waals surface area contributed by atoms with E-state index in [2.05, 4.69) is 5.32 Å². The fourth-order valence-corrected chi connectivity index (χ4v) is 4.51. The van der Waals surface area contributed by atoms with Crippen molar-refractivity contribution in [2.45, 2.75) is 19.0 Å². The zero-order valence-corrected chi connectivity index (χ0v) is 14.8. The molecule has 1 saturated heterocycles. The number of hydrogen-bond donors (Lipinski definition) is 1. The highest BCUT2D eigenvalue weighted by atomic mass is 35.5. The first kappa shape index (κ1) is 16.1. The molecule has 1 aliphatic heterocycles. The number of nitrogens with one attached hydrogen (secondary N) is 1. The van der Waals surface area contributed by atoms with Crippen molar-refractivity contribution in [2.75, 3.05) is 0 Å². The third-order valence-electron chi connectivity index (χ3n) is 4.29. The molecular weight excluding hydrogens is 356 g/mol. The third kappa shape index (κ3) is 3.01. The number of rotatable bonds is 4. The Balaban J connectivity index is 1.55. The highest BCUT2D eigenvalue weighted by Crippen LogP contribution is 2.36. The molecule has 0 spiro atoms. The summed E-state index contributed by atoms with van der Waals surface area (Å²) in [7, 11) is 0. The van der Waals surface area contributed by atoms with Crippen molar-refractivity contribution in [3.63, 3.8) is 0 Å². The highest BCUT2D eigenvalue weighted by molar-refractivity contribution is 7.19. The van der Waals surface area contributed by atoms with E-state index in [-0.39, 0.29) is 18.5 Å². The van der Waals surface area contributed by atoms with Gasteiger partial charge >= 0.3 is 6.03 Å². The minimum Gasteiger partial charge on any atom is -0.325 e. The van der Waals surface area contributed by atoms with Crippen molar-refractivity contribution >= 4 is 45.0 Å². The lowest BCUT2D eigenvalue weighted by molar-refractivity contribution is -0.127. The number of nitrogens with zero attached hydrogens (tertiary/aromatic N) is 1. The van der Waals surface area contributed by atoms with Crippen molar-refractivity contribution in [2.24, 2.45) is 0 Å². The zero-order valence-electron chi connectivity index (χ0n) is 13.2. The number of thiophene rings is 1. The van der Waals surface area contributed by atoms with Crippen LogP contribution in [0.25, 0.3) is 10.1 Å². The van der Waals surface area contributed by atoms with Crippen LogP contribution in [0, 0.1) is 0 Å². The lowest BCUT2D eigenvalue weighted by Gasteiger charge is -2.12. The van der Waals surface area contributed by atoms with Crippen molar-refractivity contribution in [3.8, 4) is 0 Å². The predicted molar refractivity (Wildman–Crippen MR) is 99.9 cm³/mol. The van der Waals surface area contributed by atoms with E-state index >= 15 is 0 Å². The minimum absolute atomic E-state index is 0.203. The monoisotopic (exact) mass is 370 g/mol. The SMILES string of the molecule is O=C1N[C@@H](Cc2ccccc2)C(=O)N1Cc1sc2ccccc2c1Cl. The van der Waals surface area contributed by atoms with Gasteiger partial charge in [0, 0.05) is 21.4 Å². The molecule has 4 nitrogen and oxygen atoms in total. The second kappa shape index (κ2) is 6.50. The van der Waals surface area contributed by atoms with Gasteiger partial charge in [-0.25, -0.2) is 4.79 Å². The van der Waals surface area contributed by atoms with Crippen LogP contribution >= 0.6 is 22.9 Å². The van der Waals surface area contributed by atoms with Crippen molar-refractivity contribution in [1.82, 2.24) is 10.2 Å².